The highest BCUT2D eigenvalue weighted by Gasteiger charge is 2.42. The van der Waals surface area contributed by atoms with E-state index in [-0.39, 0.29) is 30.3 Å². The molecular formula is C29H38ClN3O3. The van der Waals surface area contributed by atoms with Crippen molar-refractivity contribution in [3.8, 4) is 0 Å². The van der Waals surface area contributed by atoms with Gasteiger partial charge in [-0.05, 0) is 61.8 Å². The third-order valence-electron chi connectivity index (χ3n) is 7.97. The van der Waals surface area contributed by atoms with Crippen LogP contribution >= 0.6 is 11.6 Å². The zero-order valence-corrected chi connectivity index (χ0v) is 22.0. The van der Waals surface area contributed by atoms with Gasteiger partial charge in [0.15, 0.2) is 0 Å². The normalized spacial score (nSPS) is 22.8. The number of hydrogen-bond acceptors (Lipinski definition) is 4. The molecule has 0 aromatic heterocycles. The lowest BCUT2D eigenvalue weighted by molar-refractivity contribution is -0.137. The smallest absolute Gasteiger partial charge is 0.223 e. The second-order valence-corrected chi connectivity index (χ2v) is 10.6. The van der Waals surface area contributed by atoms with Crippen LogP contribution in [0.2, 0.25) is 5.02 Å². The predicted octanol–water partition coefficient (Wildman–Crippen LogP) is 4.50. The second-order valence-electron chi connectivity index (χ2n) is 10.2. The van der Waals surface area contributed by atoms with Crippen molar-refractivity contribution < 1.29 is 14.3 Å². The van der Waals surface area contributed by atoms with Crippen LogP contribution in [-0.2, 0) is 27.3 Å². The molecule has 7 heteroatoms. The van der Waals surface area contributed by atoms with E-state index < -0.39 is 5.91 Å². The van der Waals surface area contributed by atoms with Crippen molar-refractivity contribution in [1.82, 2.24) is 9.80 Å². The molecular weight excluding hydrogens is 474 g/mol. The van der Waals surface area contributed by atoms with Crippen LogP contribution in [0.4, 0.5) is 0 Å². The molecule has 4 rings (SSSR count). The molecule has 1 saturated carbocycles. The van der Waals surface area contributed by atoms with E-state index in [9.17, 15) is 9.59 Å². The van der Waals surface area contributed by atoms with Crippen molar-refractivity contribution in [2.24, 2.45) is 5.73 Å². The van der Waals surface area contributed by atoms with E-state index in [0.717, 1.165) is 69.5 Å². The van der Waals surface area contributed by atoms with Gasteiger partial charge in [-0.2, -0.15) is 0 Å². The van der Waals surface area contributed by atoms with E-state index >= 15 is 0 Å². The molecule has 0 unspecified atom stereocenters. The summed E-state index contributed by atoms with van der Waals surface area (Å²) in [6, 6.07) is 16.7. The van der Waals surface area contributed by atoms with Crippen molar-refractivity contribution in [1.29, 1.82) is 0 Å². The lowest BCUT2D eigenvalue weighted by Gasteiger charge is -2.51. The first-order chi connectivity index (χ1) is 17.4. The SMILES string of the molecule is Cc1cccc(Cl)c1CN(C(=O)CCC(N)=O)C1CCC(Cc2ccccc2)(N2CCOCC2)CC1. The summed E-state index contributed by atoms with van der Waals surface area (Å²) in [5.41, 5.74) is 8.82. The number of rotatable bonds is 9. The van der Waals surface area contributed by atoms with Gasteiger partial charge in [-0.1, -0.05) is 54.1 Å². The Balaban J connectivity index is 1.55. The highest BCUT2D eigenvalue weighted by Crippen LogP contribution is 2.39. The van der Waals surface area contributed by atoms with Crippen LogP contribution in [-0.4, -0.2) is 59.5 Å². The summed E-state index contributed by atoms with van der Waals surface area (Å²) in [6.07, 6.45) is 5.04. The van der Waals surface area contributed by atoms with Gasteiger partial charge in [0.1, 0.15) is 0 Å². The van der Waals surface area contributed by atoms with Crippen LogP contribution in [0.25, 0.3) is 0 Å². The molecule has 2 aromatic carbocycles. The van der Waals surface area contributed by atoms with Crippen molar-refractivity contribution in [2.75, 3.05) is 26.3 Å². The van der Waals surface area contributed by atoms with Gasteiger partial charge in [-0.15, -0.1) is 0 Å². The summed E-state index contributed by atoms with van der Waals surface area (Å²) < 4.78 is 5.67. The molecule has 2 aliphatic rings. The topological polar surface area (TPSA) is 75.9 Å². The maximum atomic E-state index is 13.4. The predicted molar refractivity (Wildman–Crippen MR) is 143 cm³/mol. The fraction of sp³-hybridized carbons (Fsp3) is 0.517. The fourth-order valence-electron chi connectivity index (χ4n) is 5.90. The van der Waals surface area contributed by atoms with Crippen molar-refractivity contribution in [2.45, 2.75) is 70.0 Å². The number of carbonyl (C=O) groups excluding carboxylic acids is 2. The number of primary amides is 1. The summed E-state index contributed by atoms with van der Waals surface area (Å²) in [7, 11) is 0. The number of morpholine rings is 1. The Bertz CT molecular complexity index is 1010. The average molecular weight is 512 g/mol. The van der Waals surface area contributed by atoms with Crippen LogP contribution in [0.1, 0.15) is 55.2 Å². The first-order valence-corrected chi connectivity index (χ1v) is 13.4. The van der Waals surface area contributed by atoms with E-state index in [1.54, 1.807) is 0 Å². The van der Waals surface area contributed by atoms with Gasteiger partial charge >= 0.3 is 0 Å². The lowest BCUT2D eigenvalue weighted by atomic mass is 9.73. The summed E-state index contributed by atoms with van der Waals surface area (Å²) >= 11 is 6.55. The number of aryl methyl sites for hydroxylation is 1. The molecule has 2 fully saturated rings. The maximum absolute atomic E-state index is 13.4. The van der Waals surface area contributed by atoms with Gasteiger partial charge < -0.3 is 15.4 Å². The lowest BCUT2D eigenvalue weighted by Crippen LogP contribution is -2.58. The highest BCUT2D eigenvalue weighted by atomic mass is 35.5. The number of carbonyl (C=O) groups is 2. The van der Waals surface area contributed by atoms with Crippen LogP contribution in [0.5, 0.6) is 0 Å². The molecule has 1 aliphatic heterocycles. The van der Waals surface area contributed by atoms with Crippen LogP contribution in [0.15, 0.2) is 48.5 Å². The minimum absolute atomic E-state index is 0.0277. The molecule has 36 heavy (non-hydrogen) atoms. The summed E-state index contributed by atoms with van der Waals surface area (Å²) in [5.74, 6) is -0.477. The quantitative estimate of drug-likeness (QED) is 0.538. The number of nitrogens with zero attached hydrogens (tertiary/aromatic N) is 2. The number of ether oxygens (including phenoxy) is 1. The van der Waals surface area contributed by atoms with E-state index in [1.165, 1.54) is 5.56 Å². The number of amides is 2. The third-order valence-corrected chi connectivity index (χ3v) is 8.33. The number of nitrogens with two attached hydrogens (primary N) is 1. The number of benzene rings is 2. The monoisotopic (exact) mass is 511 g/mol. The molecule has 2 N–H and O–H groups in total. The third kappa shape index (κ3) is 6.47. The zero-order chi connectivity index (χ0) is 25.5. The molecule has 2 amide bonds. The summed E-state index contributed by atoms with van der Waals surface area (Å²) in [4.78, 5) is 29.4. The molecule has 1 saturated heterocycles. The van der Waals surface area contributed by atoms with Crippen LogP contribution < -0.4 is 5.73 Å². The maximum Gasteiger partial charge on any atom is 0.223 e. The molecule has 0 bridgehead atoms. The van der Waals surface area contributed by atoms with Crippen molar-refractivity contribution in [3.05, 3.63) is 70.2 Å². The first-order valence-electron chi connectivity index (χ1n) is 13.1. The van der Waals surface area contributed by atoms with Crippen molar-refractivity contribution >= 4 is 23.4 Å². The van der Waals surface area contributed by atoms with E-state index in [4.69, 9.17) is 22.1 Å². The Kier molecular flexibility index (Phi) is 9.04. The van der Waals surface area contributed by atoms with Gasteiger partial charge in [0.05, 0.1) is 13.2 Å². The van der Waals surface area contributed by atoms with Gasteiger partial charge in [-0.25, -0.2) is 0 Å². The standard InChI is InChI=1S/C29H38ClN3O3/c1-22-6-5-9-26(30)25(22)21-33(28(35)11-10-27(31)34)24-12-14-29(15-13-24,32-16-18-36-19-17-32)20-23-7-3-2-4-8-23/h2-9,24H,10-21H2,1H3,(H2,31,34). The van der Waals surface area contributed by atoms with Gasteiger partial charge in [0, 0.05) is 49.1 Å². The second kappa shape index (κ2) is 12.2. The Morgan fingerprint density at radius 2 is 1.75 bits per heavy atom. The molecule has 0 radical (unpaired) electrons. The van der Waals surface area contributed by atoms with Gasteiger partial charge in [0.25, 0.3) is 0 Å². The van der Waals surface area contributed by atoms with E-state index in [1.807, 2.05) is 30.0 Å². The van der Waals surface area contributed by atoms with Crippen molar-refractivity contribution in [3.63, 3.8) is 0 Å². The molecule has 0 spiro atoms. The molecule has 0 atom stereocenters. The van der Waals surface area contributed by atoms with Gasteiger partial charge in [0.2, 0.25) is 11.8 Å². The zero-order valence-electron chi connectivity index (χ0n) is 21.3. The molecule has 1 aliphatic carbocycles. The Hall–Kier alpha value is -2.41. The van der Waals surface area contributed by atoms with Gasteiger partial charge in [-0.3, -0.25) is 14.5 Å². The average Bonchev–Trinajstić information content (AvgIpc) is 2.89. The fourth-order valence-corrected chi connectivity index (χ4v) is 6.18. The highest BCUT2D eigenvalue weighted by molar-refractivity contribution is 6.31. The largest absolute Gasteiger partial charge is 0.379 e. The summed E-state index contributed by atoms with van der Waals surface area (Å²) in [6.45, 7) is 5.90. The number of halogens is 1. The molecule has 194 valence electrons. The summed E-state index contributed by atoms with van der Waals surface area (Å²) in [5, 5.41) is 0.672. The van der Waals surface area contributed by atoms with Crippen LogP contribution in [0, 0.1) is 6.92 Å². The first kappa shape index (κ1) is 26.6. The minimum atomic E-state index is -0.449. The number of hydrogen-bond donors (Lipinski definition) is 1. The van der Waals surface area contributed by atoms with Crippen LogP contribution in [0.3, 0.4) is 0 Å². The molecule has 1 heterocycles. The van der Waals surface area contributed by atoms with E-state index in [0.29, 0.717) is 11.6 Å². The van der Waals surface area contributed by atoms with E-state index in [2.05, 4.69) is 35.2 Å². The molecule has 2 aromatic rings. The minimum Gasteiger partial charge on any atom is -0.379 e. The molecule has 6 nitrogen and oxygen atoms in total. The Morgan fingerprint density at radius 3 is 2.39 bits per heavy atom. The Morgan fingerprint density at radius 1 is 1.06 bits per heavy atom. The Labute approximate surface area is 219 Å².